The van der Waals surface area contributed by atoms with Gasteiger partial charge in [0.05, 0.1) is 12.1 Å². The highest BCUT2D eigenvalue weighted by molar-refractivity contribution is 5.84. The van der Waals surface area contributed by atoms with Crippen LogP contribution in [0.1, 0.15) is 17.7 Å². The van der Waals surface area contributed by atoms with E-state index in [4.69, 9.17) is 0 Å². The second-order valence-electron chi connectivity index (χ2n) is 7.24. The molecule has 4 rings (SSSR count). The van der Waals surface area contributed by atoms with Crippen LogP contribution < -0.4 is 5.32 Å². The van der Waals surface area contributed by atoms with E-state index in [9.17, 15) is 9.18 Å². The molecule has 0 atom stereocenters. The molecule has 6 heteroatoms. The van der Waals surface area contributed by atoms with E-state index in [1.54, 1.807) is 24.5 Å². The largest absolute Gasteiger partial charge is 0.356 e. The van der Waals surface area contributed by atoms with Gasteiger partial charge in [-0.25, -0.2) is 9.37 Å². The molecule has 0 aliphatic heterocycles. The summed E-state index contributed by atoms with van der Waals surface area (Å²) in [5.41, 5.74) is 4.84. The van der Waals surface area contributed by atoms with Gasteiger partial charge in [-0.1, -0.05) is 12.1 Å². The Hall–Kier alpha value is -3.54. The van der Waals surface area contributed by atoms with Crippen LogP contribution in [0.4, 0.5) is 4.39 Å². The Morgan fingerprint density at radius 2 is 1.83 bits per heavy atom. The van der Waals surface area contributed by atoms with E-state index in [1.807, 2.05) is 19.1 Å². The number of carbonyl (C=O) groups is 1. The van der Waals surface area contributed by atoms with Crippen molar-refractivity contribution in [3.8, 4) is 11.3 Å². The van der Waals surface area contributed by atoms with Crippen molar-refractivity contribution >= 4 is 16.9 Å². The molecule has 0 radical (unpaired) electrons. The fraction of sp³-hybridized carbons (Fsp3) is 0.208. The van der Waals surface area contributed by atoms with Crippen molar-refractivity contribution in [2.75, 3.05) is 6.54 Å². The van der Waals surface area contributed by atoms with Crippen LogP contribution >= 0.6 is 0 Å². The Balaban J connectivity index is 1.44. The number of nitrogens with zero attached hydrogens (tertiary/aromatic N) is 3. The maximum Gasteiger partial charge on any atom is 0.224 e. The third kappa shape index (κ3) is 4.38. The molecule has 5 nitrogen and oxygen atoms in total. The Morgan fingerprint density at radius 1 is 1.07 bits per heavy atom. The fourth-order valence-corrected chi connectivity index (χ4v) is 3.61. The summed E-state index contributed by atoms with van der Waals surface area (Å²) in [5, 5.41) is 4.03. The van der Waals surface area contributed by atoms with Gasteiger partial charge in [0.1, 0.15) is 11.5 Å². The van der Waals surface area contributed by atoms with Crippen molar-refractivity contribution in [2.45, 2.75) is 26.3 Å². The Labute approximate surface area is 174 Å². The van der Waals surface area contributed by atoms with Crippen LogP contribution in [0, 0.1) is 12.7 Å². The van der Waals surface area contributed by atoms with Gasteiger partial charge in [0.25, 0.3) is 0 Å². The molecule has 0 aliphatic rings. The quantitative estimate of drug-likeness (QED) is 0.469. The van der Waals surface area contributed by atoms with Gasteiger partial charge in [0, 0.05) is 42.1 Å². The minimum absolute atomic E-state index is 0.0691. The summed E-state index contributed by atoms with van der Waals surface area (Å²) in [5.74, 6) is -0.369. The molecule has 1 N–H and O–H groups in total. The minimum Gasteiger partial charge on any atom is -0.356 e. The Bertz CT molecular complexity index is 1170. The number of halogens is 1. The van der Waals surface area contributed by atoms with E-state index >= 15 is 0 Å². The van der Waals surface area contributed by atoms with Gasteiger partial charge in [0.2, 0.25) is 5.91 Å². The molecular weight excluding hydrogens is 379 g/mol. The van der Waals surface area contributed by atoms with Gasteiger partial charge < -0.3 is 9.88 Å². The summed E-state index contributed by atoms with van der Waals surface area (Å²) >= 11 is 0. The number of rotatable bonds is 7. The fourth-order valence-electron chi connectivity index (χ4n) is 3.61. The van der Waals surface area contributed by atoms with Crippen molar-refractivity contribution in [3.63, 3.8) is 0 Å². The van der Waals surface area contributed by atoms with Gasteiger partial charge in [-0.2, -0.15) is 0 Å². The number of nitrogens with one attached hydrogen (secondary N) is 1. The number of benzene rings is 1. The number of carbonyl (C=O) groups excluding carboxylic acids is 1. The van der Waals surface area contributed by atoms with Crippen LogP contribution in [0.5, 0.6) is 0 Å². The molecule has 0 unspecified atom stereocenters. The van der Waals surface area contributed by atoms with Crippen LogP contribution in [0.2, 0.25) is 0 Å². The molecular formula is C24H23FN4O. The van der Waals surface area contributed by atoms with Gasteiger partial charge >= 0.3 is 0 Å². The van der Waals surface area contributed by atoms with E-state index < -0.39 is 0 Å². The number of aromatic nitrogens is 3. The molecule has 152 valence electrons. The lowest BCUT2D eigenvalue weighted by Crippen LogP contribution is -2.26. The first-order valence-corrected chi connectivity index (χ1v) is 9.99. The van der Waals surface area contributed by atoms with Gasteiger partial charge in [-0.05, 0) is 61.4 Å². The first kappa shape index (κ1) is 19.8. The third-order valence-corrected chi connectivity index (χ3v) is 5.10. The summed E-state index contributed by atoms with van der Waals surface area (Å²) in [6.07, 6.45) is 4.60. The lowest BCUT2D eigenvalue weighted by Gasteiger charge is -2.12. The van der Waals surface area contributed by atoms with Crippen molar-refractivity contribution in [1.82, 2.24) is 19.9 Å². The van der Waals surface area contributed by atoms with Crippen LogP contribution in [-0.2, 0) is 17.8 Å². The zero-order valence-electron chi connectivity index (χ0n) is 16.8. The standard InChI is InChI=1S/C24H23FN4O/c1-17-21(6-3-11-26-17)22-16-19-5-2-12-28-24(19)29(22)14-4-13-27-23(30)15-18-7-9-20(25)10-8-18/h2-3,5-12,16H,4,13-15H2,1H3,(H,27,30). The lowest BCUT2D eigenvalue weighted by atomic mass is 10.1. The third-order valence-electron chi connectivity index (χ3n) is 5.10. The lowest BCUT2D eigenvalue weighted by molar-refractivity contribution is -0.120. The normalized spacial score (nSPS) is 11.0. The van der Waals surface area contributed by atoms with Crippen molar-refractivity contribution in [2.24, 2.45) is 0 Å². The Kier molecular flexibility index (Phi) is 5.84. The summed E-state index contributed by atoms with van der Waals surface area (Å²) in [4.78, 5) is 21.1. The number of pyridine rings is 2. The molecule has 3 aromatic heterocycles. The Morgan fingerprint density at radius 3 is 2.63 bits per heavy atom. The summed E-state index contributed by atoms with van der Waals surface area (Å²) < 4.78 is 15.2. The van der Waals surface area contributed by atoms with Gasteiger partial charge in [-0.3, -0.25) is 9.78 Å². The predicted octanol–water partition coefficient (Wildman–Crippen LogP) is 4.29. The average Bonchev–Trinajstić information content (AvgIpc) is 3.11. The molecule has 0 spiro atoms. The number of hydrogen-bond donors (Lipinski definition) is 1. The van der Waals surface area contributed by atoms with Gasteiger partial charge in [0.15, 0.2) is 0 Å². The molecule has 3 heterocycles. The highest BCUT2D eigenvalue weighted by Crippen LogP contribution is 2.28. The number of aryl methyl sites for hydroxylation is 2. The second kappa shape index (κ2) is 8.86. The van der Waals surface area contributed by atoms with E-state index in [1.165, 1.54) is 12.1 Å². The van der Waals surface area contributed by atoms with E-state index in [-0.39, 0.29) is 18.1 Å². The predicted molar refractivity (Wildman–Crippen MR) is 115 cm³/mol. The van der Waals surface area contributed by atoms with Crippen LogP contribution in [0.15, 0.2) is 67.0 Å². The molecule has 1 amide bonds. The number of amides is 1. The molecule has 1 aromatic carbocycles. The molecule has 0 fully saturated rings. The number of hydrogen-bond acceptors (Lipinski definition) is 3. The highest BCUT2D eigenvalue weighted by atomic mass is 19.1. The highest BCUT2D eigenvalue weighted by Gasteiger charge is 2.13. The van der Waals surface area contributed by atoms with Gasteiger partial charge in [-0.15, -0.1) is 0 Å². The molecule has 0 bridgehead atoms. The zero-order valence-corrected chi connectivity index (χ0v) is 16.8. The SMILES string of the molecule is Cc1ncccc1-c1cc2cccnc2n1CCCNC(=O)Cc1ccc(F)cc1. The van der Waals surface area contributed by atoms with E-state index in [0.717, 1.165) is 46.5 Å². The van der Waals surface area contributed by atoms with Crippen molar-refractivity contribution in [1.29, 1.82) is 0 Å². The van der Waals surface area contributed by atoms with Crippen LogP contribution in [0.25, 0.3) is 22.3 Å². The maximum absolute atomic E-state index is 13.0. The van der Waals surface area contributed by atoms with E-state index in [0.29, 0.717) is 6.54 Å². The monoisotopic (exact) mass is 402 g/mol. The van der Waals surface area contributed by atoms with Crippen LogP contribution in [-0.4, -0.2) is 27.0 Å². The van der Waals surface area contributed by atoms with Crippen LogP contribution in [0.3, 0.4) is 0 Å². The smallest absolute Gasteiger partial charge is 0.224 e. The first-order chi connectivity index (χ1) is 14.6. The second-order valence-corrected chi connectivity index (χ2v) is 7.24. The minimum atomic E-state index is -0.300. The summed E-state index contributed by atoms with van der Waals surface area (Å²) in [6.45, 7) is 3.28. The summed E-state index contributed by atoms with van der Waals surface area (Å²) in [7, 11) is 0. The van der Waals surface area contributed by atoms with E-state index in [2.05, 4.69) is 38.1 Å². The molecule has 0 aliphatic carbocycles. The summed E-state index contributed by atoms with van der Waals surface area (Å²) in [6, 6.07) is 16.1. The molecule has 4 aromatic rings. The molecule has 30 heavy (non-hydrogen) atoms. The van der Waals surface area contributed by atoms with Crippen molar-refractivity contribution in [3.05, 3.63) is 84.1 Å². The maximum atomic E-state index is 13.0. The topological polar surface area (TPSA) is 59.8 Å². The first-order valence-electron chi connectivity index (χ1n) is 9.99. The average molecular weight is 402 g/mol. The molecule has 0 saturated heterocycles. The zero-order chi connectivity index (χ0) is 20.9. The molecule has 0 saturated carbocycles. The van der Waals surface area contributed by atoms with Crippen molar-refractivity contribution < 1.29 is 9.18 Å². The number of fused-ring (bicyclic) bond motifs is 1.